The van der Waals surface area contributed by atoms with Crippen LogP contribution in [0.1, 0.15) is 29.6 Å². The third kappa shape index (κ3) is 3.10. The molecule has 102 valence electrons. The van der Waals surface area contributed by atoms with E-state index in [-0.39, 0.29) is 11.5 Å². The Labute approximate surface area is 111 Å². The smallest absolute Gasteiger partial charge is 0.217 e. The summed E-state index contributed by atoms with van der Waals surface area (Å²) in [4.78, 5) is 23.8. The molecule has 0 atom stereocenters. The van der Waals surface area contributed by atoms with Crippen molar-refractivity contribution in [2.75, 3.05) is 18.0 Å². The number of primary amides is 1. The molecule has 1 aromatic carbocycles. The maximum Gasteiger partial charge on any atom is 0.217 e. The van der Waals surface area contributed by atoms with E-state index in [0.29, 0.717) is 37.4 Å². The normalized spacial score (nSPS) is 16.4. The number of anilines is 1. The topological polar surface area (TPSA) is 63.4 Å². The van der Waals surface area contributed by atoms with Crippen LogP contribution in [0, 0.1) is 11.7 Å². The summed E-state index contributed by atoms with van der Waals surface area (Å²) in [5.74, 6) is -0.480. The molecule has 5 heteroatoms. The van der Waals surface area contributed by atoms with Crippen molar-refractivity contribution in [3.63, 3.8) is 0 Å². The van der Waals surface area contributed by atoms with Crippen LogP contribution in [0.5, 0.6) is 0 Å². The first kappa shape index (κ1) is 13.5. The highest BCUT2D eigenvalue weighted by molar-refractivity contribution is 5.85. The van der Waals surface area contributed by atoms with Gasteiger partial charge in [0.15, 0.2) is 6.29 Å². The second-order valence-corrected chi connectivity index (χ2v) is 4.89. The minimum atomic E-state index is -0.494. The number of hydrogen-bond donors (Lipinski definition) is 1. The Balaban J connectivity index is 2.07. The van der Waals surface area contributed by atoms with Crippen LogP contribution in [0.3, 0.4) is 0 Å². The summed E-state index contributed by atoms with van der Waals surface area (Å²) >= 11 is 0. The lowest BCUT2D eigenvalue weighted by atomic mass is 9.92. The summed E-state index contributed by atoms with van der Waals surface area (Å²) in [5.41, 5.74) is 5.93. The zero-order valence-corrected chi connectivity index (χ0v) is 10.6. The summed E-state index contributed by atoms with van der Waals surface area (Å²) < 4.78 is 13.5. The van der Waals surface area contributed by atoms with Gasteiger partial charge in [-0.25, -0.2) is 4.39 Å². The number of amides is 1. The van der Waals surface area contributed by atoms with E-state index in [2.05, 4.69) is 0 Å². The lowest BCUT2D eigenvalue weighted by molar-refractivity contribution is -0.119. The Morgan fingerprint density at radius 2 is 2.11 bits per heavy atom. The molecule has 0 aliphatic carbocycles. The van der Waals surface area contributed by atoms with Gasteiger partial charge >= 0.3 is 0 Å². The van der Waals surface area contributed by atoms with Crippen molar-refractivity contribution < 1.29 is 14.0 Å². The molecule has 0 radical (unpaired) electrons. The van der Waals surface area contributed by atoms with E-state index in [4.69, 9.17) is 5.73 Å². The van der Waals surface area contributed by atoms with Gasteiger partial charge in [-0.3, -0.25) is 9.59 Å². The fraction of sp³-hybridized carbons (Fsp3) is 0.429. The number of benzene rings is 1. The molecule has 0 aromatic heterocycles. The number of carbonyl (C=O) groups excluding carboxylic acids is 2. The second kappa shape index (κ2) is 5.82. The molecule has 4 nitrogen and oxygen atoms in total. The summed E-state index contributed by atoms with van der Waals surface area (Å²) in [6.07, 6.45) is 2.62. The monoisotopic (exact) mass is 264 g/mol. The fourth-order valence-electron chi connectivity index (χ4n) is 2.58. The standard InChI is InChI=1S/C14H17FN2O2/c15-12-2-1-3-13(11(12)9-18)17-6-4-10(5-7-17)8-14(16)19/h1-3,9-10H,4-8H2,(H2,16,19). The molecule has 0 saturated carbocycles. The number of halogens is 1. The highest BCUT2D eigenvalue weighted by Gasteiger charge is 2.23. The van der Waals surface area contributed by atoms with Crippen molar-refractivity contribution in [1.29, 1.82) is 0 Å². The fourth-order valence-corrected chi connectivity index (χ4v) is 2.58. The van der Waals surface area contributed by atoms with Crippen molar-refractivity contribution in [3.05, 3.63) is 29.6 Å². The number of carbonyl (C=O) groups is 2. The van der Waals surface area contributed by atoms with Crippen molar-refractivity contribution in [3.8, 4) is 0 Å². The maximum absolute atomic E-state index is 13.5. The zero-order valence-electron chi connectivity index (χ0n) is 10.6. The van der Waals surface area contributed by atoms with E-state index in [0.717, 1.165) is 12.8 Å². The minimum absolute atomic E-state index is 0.107. The highest BCUT2D eigenvalue weighted by Crippen LogP contribution is 2.28. The van der Waals surface area contributed by atoms with Gasteiger partial charge < -0.3 is 10.6 Å². The highest BCUT2D eigenvalue weighted by atomic mass is 19.1. The van der Waals surface area contributed by atoms with Crippen LogP contribution in [0.2, 0.25) is 0 Å². The molecule has 1 saturated heterocycles. The molecule has 1 fully saturated rings. The first-order valence-electron chi connectivity index (χ1n) is 6.38. The largest absolute Gasteiger partial charge is 0.371 e. The van der Waals surface area contributed by atoms with Crippen LogP contribution in [0.15, 0.2) is 18.2 Å². The van der Waals surface area contributed by atoms with E-state index in [1.54, 1.807) is 12.1 Å². The van der Waals surface area contributed by atoms with Gasteiger partial charge in [0.2, 0.25) is 5.91 Å². The van der Waals surface area contributed by atoms with Crippen LogP contribution >= 0.6 is 0 Å². The third-order valence-corrected chi connectivity index (χ3v) is 3.59. The van der Waals surface area contributed by atoms with Gasteiger partial charge in [0.25, 0.3) is 0 Å². The van der Waals surface area contributed by atoms with Crippen molar-refractivity contribution in [1.82, 2.24) is 0 Å². The SMILES string of the molecule is NC(=O)CC1CCN(c2cccc(F)c2C=O)CC1. The first-order chi connectivity index (χ1) is 9.11. The number of hydrogen-bond acceptors (Lipinski definition) is 3. The number of rotatable bonds is 4. The van der Waals surface area contributed by atoms with E-state index in [1.165, 1.54) is 6.07 Å². The summed E-state index contributed by atoms with van der Waals surface area (Å²) in [5, 5.41) is 0. The Kier molecular flexibility index (Phi) is 4.14. The zero-order chi connectivity index (χ0) is 13.8. The predicted molar refractivity (Wildman–Crippen MR) is 70.5 cm³/mol. The average Bonchev–Trinajstić information content (AvgIpc) is 2.38. The maximum atomic E-state index is 13.5. The lowest BCUT2D eigenvalue weighted by Gasteiger charge is -2.33. The number of aldehydes is 1. The molecule has 0 bridgehead atoms. The molecule has 1 amide bonds. The van der Waals surface area contributed by atoms with Crippen LogP contribution in [0.4, 0.5) is 10.1 Å². The van der Waals surface area contributed by atoms with E-state index in [1.807, 2.05) is 4.90 Å². The van der Waals surface area contributed by atoms with E-state index >= 15 is 0 Å². The van der Waals surface area contributed by atoms with Crippen molar-refractivity contribution in [2.45, 2.75) is 19.3 Å². The van der Waals surface area contributed by atoms with E-state index < -0.39 is 5.82 Å². The second-order valence-electron chi connectivity index (χ2n) is 4.89. The molecule has 1 heterocycles. The molecule has 1 aromatic rings. The predicted octanol–water partition coefficient (Wildman–Crippen LogP) is 1.73. The van der Waals surface area contributed by atoms with Crippen LogP contribution in [-0.4, -0.2) is 25.3 Å². The molecule has 1 aliphatic rings. The number of nitrogens with zero attached hydrogens (tertiary/aromatic N) is 1. The lowest BCUT2D eigenvalue weighted by Crippen LogP contribution is -2.35. The van der Waals surface area contributed by atoms with Gasteiger partial charge in [-0.2, -0.15) is 0 Å². The van der Waals surface area contributed by atoms with Gasteiger partial charge in [0.1, 0.15) is 5.82 Å². The quantitative estimate of drug-likeness (QED) is 0.842. The summed E-state index contributed by atoms with van der Waals surface area (Å²) in [6.45, 7) is 1.42. The van der Waals surface area contributed by atoms with Gasteiger partial charge in [-0.05, 0) is 30.9 Å². The first-order valence-corrected chi connectivity index (χ1v) is 6.38. The average molecular weight is 264 g/mol. The Bertz CT molecular complexity index is 482. The third-order valence-electron chi connectivity index (χ3n) is 3.59. The van der Waals surface area contributed by atoms with Gasteiger partial charge in [0.05, 0.1) is 11.3 Å². The van der Waals surface area contributed by atoms with Crippen LogP contribution in [-0.2, 0) is 4.79 Å². The molecule has 0 spiro atoms. The number of piperidine rings is 1. The van der Waals surface area contributed by atoms with Crippen LogP contribution in [0.25, 0.3) is 0 Å². The summed E-state index contributed by atoms with van der Waals surface area (Å²) in [7, 11) is 0. The minimum Gasteiger partial charge on any atom is -0.371 e. The molecule has 1 aliphatic heterocycles. The van der Waals surface area contributed by atoms with Gasteiger partial charge in [-0.1, -0.05) is 6.07 Å². The molecule has 2 rings (SSSR count). The molecule has 19 heavy (non-hydrogen) atoms. The molecule has 0 unspecified atom stereocenters. The van der Waals surface area contributed by atoms with Crippen molar-refractivity contribution in [2.24, 2.45) is 11.7 Å². The molecule has 2 N–H and O–H groups in total. The van der Waals surface area contributed by atoms with Gasteiger partial charge in [0, 0.05) is 19.5 Å². The summed E-state index contributed by atoms with van der Waals surface area (Å²) in [6, 6.07) is 4.64. The Morgan fingerprint density at radius 1 is 1.42 bits per heavy atom. The van der Waals surface area contributed by atoms with Crippen LogP contribution < -0.4 is 10.6 Å². The molecular weight excluding hydrogens is 247 g/mol. The van der Waals surface area contributed by atoms with E-state index in [9.17, 15) is 14.0 Å². The molecular formula is C14H17FN2O2. The Hall–Kier alpha value is -1.91. The number of nitrogens with two attached hydrogens (primary N) is 1. The Morgan fingerprint density at radius 3 is 2.68 bits per heavy atom. The van der Waals surface area contributed by atoms with Crippen molar-refractivity contribution >= 4 is 17.9 Å². The van der Waals surface area contributed by atoms with Gasteiger partial charge in [-0.15, -0.1) is 0 Å².